The highest BCUT2D eigenvalue weighted by molar-refractivity contribution is 9.10. The average Bonchev–Trinajstić information content (AvgIpc) is 3.28. The molecule has 3 heterocycles. The van der Waals surface area contributed by atoms with Gasteiger partial charge in [0.1, 0.15) is 5.75 Å². The molecule has 1 saturated heterocycles. The van der Waals surface area contributed by atoms with Crippen molar-refractivity contribution < 1.29 is 4.74 Å². The molecule has 9 heteroatoms. The largest absolute Gasteiger partial charge is 0.497 e. The quantitative estimate of drug-likeness (QED) is 0.345. The molecule has 1 unspecified atom stereocenters. The Morgan fingerprint density at radius 2 is 1.97 bits per heavy atom. The molecule has 1 fully saturated rings. The lowest BCUT2D eigenvalue weighted by Gasteiger charge is -2.33. The number of methoxy groups -OCH3 is 1. The molecule has 36 heavy (non-hydrogen) atoms. The molecule has 4 aromatic rings. The summed E-state index contributed by atoms with van der Waals surface area (Å²) in [6.45, 7) is 6.93. The highest BCUT2D eigenvalue weighted by atomic mass is 79.9. The Kier molecular flexibility index (Phi) is 7.09. The Morgan fingerprint density at radius 1 is 1.17 bits per heavy atom. The van der Waals surface area contributed by atoms with Crippen LogP contribution in [0.5, 0.6) is 5.75 Å². The van der Waals surface area contributed by atoms with E-state index >= 15 is 0 Å². The van der Waals surface area contributed by atoms with Crippen LogP contribution in [0.25, 0.3) is 22.6 Å². The highest BCUT2D eigenvalue weighted by Crippen LogP contribution is 2.28. The second kappa shape index (κ2) is 10.4. The molecule has 0 radical (unpaired) electrons. The molecule has 1 aliphatic heterocycles. The summed E-state index contributed by atoms with van der Waals surface area (Å²) in [6, 6.07) is 13.9. The van der Waals surface area contributed by atoms with Gasteiger partial charge in [0.15, 0.2) is 5.82 Å². The number of rotatable bonds is 7. The van der Waals surface area contributed by atoms with E-state index in [4.69, 9.17) is 9.72 Å². The summed E-state index contributed by atoms with van der Waals surface area (Å²) >= 11 is 3.43. The zero-order valence-corrected chi connectivity index (χ0v) is 22.5. The molecular formula is C27H31BrN6O2. The molecule has 8 nitrogen and oxygen atoms in total. The number of aromatic nitrogens is 5. The van der Waals surface area contributed by atoms with Crippen LogP contribution in [0.15, 0.2) is 51.7 Å². The van der Waals surface area contributed by atoms with Gasteiger partial charge in [-0.15, -0.1) is 10.2 Å². The molecule has 2 aromatic heterocycles. The predicted molar refractivity (Wildman–Crippen MR) is 146 cm³/mol. The smallest absolute Gasteiger partial charge is 0.259 e. The molecule has 1 atom stereocenters. The van der Waals surface area contributed by atoms with Crippen molar-refractivity contribution in [1.82, 2.24) is 24.7 Å². The van der Waals surface area contributed by atoms with Gasteiger partial charge in [0, 0.05) is 24.1 Å². The van der Waals surface area contributed by atoms with Gasteiger partial charge in [0.2, 0.25) is 11.8 Å². The summed E-state index contributed by atoms with van der Waals surface area (Å²) < 4.78 is 8.26. The molecule has 1 aliphatic rings. The van der Waals surface area contributed by atoms with E-state index in [0.29, 0.717) is 34.4 Å². The highest BCUT2D eigenvalue weighted by Gasteiger charge is 2.27. The number of fused-ring (bicyclic) bond motifs is 1. The number of aromatic amines is 1. The maximum absolute atomic E-state index is 12.8. The van der Waals surface area contributed by atoms with Crippen molar-refractivity contribution in [3.05, 3.63) is 62.9 Å². The molecule has 1 N–H and O–H groups in total. The number of H-pyrrole nitrogens is 1. The molecule has 0 aliphatic carbocycles. The van der Waals surface area contributed by atoms with Crippen LogP contribution in [0.2, 0.25) is 0 Å². The fourth-order valence-corrected chi connectivity index (χ4v) is 5.32. The second-order valence-electron chi connectivity index (χ2n) is 9.91. The molecule has 2 aromatic carbocycles. The number of ether oxygens (including phenoxy) is 1. The van der Waals surface area contributed by atoms with E-state index in [1.165, 1.54) is 12.0 Å². The molecule has 0 spiro atoms. The summed E-state index contributed by atoms with van der Waals surface area (Å²) in [5, 5.41) is 9.68. The molecule has 0 amide bonds. The van der Waals surface area contributed by atoms with Crippen LogP contribution < -0.4 is 15.2 Å². The molecule has 5 rings (SSSR count). The first-order chi connectivity index (χ1) is 17.4. The standard InChI is InChI=1S/C27H31BrN6O2/c1-17(2)15-34-25(24-29-23-11-8-20(28)14-22(23)26(35)30-24)31-32-27(34)33-12-4-5-19(16-33)13-18-6-9-21(36-3)10-7-18/h6-11,14,17,19H,4-5,12-13,15-16H2,1-3H3,(H,29,30,35). The number of hydrogen-bond donors (Lipinski definition) is 1. The van der Waals surface area contributed by atoms with Crippen molar-refractivity contribution in [2.45, 2.75) is 39.7 Å². The minimum absolute atomic E-state index is 0.186. The molecular weight excluding hydrogens is 520 g/mol. The lowest BCUT2D eigenvalue weighted by molar-refractivity contribution is 0.401. The number of nitrogens with one attached hydrogen (secondary N) is 1. The Bertz CT molecular complexity index is 1410. The summed E-state index contributed by atoms with van der Waals surface area (Å²) in [6.07, 6.45) is 3.30. The van der Waals surface area contributed by atoms with Crippen LogP contribution in [0.4, 0.5) is 5.95 Å². The van der Waals surface area contributed by atoms with E-state index < -0.39 is 0 Å². The van der Waals surface area contributed by atoms with Crippen molar-refractivity contribution in [3.8, 4) is 17.4 Å². The van der Waals surface area contributed by atoms with E-state index in [1.807, 2.05) is 24.3 Å². The van der Waals surface area contributed by atoms with Crippen LogP contribution >= 0.6 is 15.9 Å². The van der Waals surface area contributed by atoms with Crippen LogP contribution in [-0.4, -0.2) is 44.9 Å². The van der Waals surface area contributed by atoms with Crippen LogP contribution in [0.3, 0.4) is 0 Å². The summed E-state index contributed by atoms with van der Waals surface area (Å²) in [7, 11) is 1.69. The van der Waals surface area contributed by atoms with Crippen molar-refractivity contribution in [1.29, 1.82) is 0 Å². The number of hydrogen-bond acceptors (Lipinski definition) is 6. The Hall–Kier alpha value is -3.20. The maximum atomic E-state index is 12.8. The van der Waals surface area contributed by atoms with E-state index in [2.05, 4.69) is 66.6 Å². The van der Waals surface area contributed by atoms with Gasteiger partial charge in [0.25, 0.3) is 5.56 Å². The van der Waals surface area contributed by atoms with Crippen LogP contribution in [0.1, 0.15) is 32.3 Å². The van der Waals surface area contributed by atoms with Crippen molar-refractivity contribution in [2.75, 3.05) is 25.1 Å². The average molecular weight is 551 g/mol. The Morgan fingerprint density at radius 3 is 2.72 bits per heavy atom. The van der Waals surface area contributed by atoms with Gasteiger partial charge in [-0.05, 0) is 67.0 Å². The molecule has 188 valence electrons. The van der Waals surface area contributed by atoms with Crippen molar-refractivity contribution in [2.24, 2.45) is 11.8 Å². The number of nitrogens with zero attached hydrogens (tertiary/aromatic N) is 5. The Balaban J connectivity index is 1.44. The monoisotopic (exact) mass is 550 g/mol. The van der Waals surface area contributed by atoms with Gasteiger partial charge in [0.05, 0.1) is 18.0 Å². The summed E-state index contributed by atoms with van der Waals surface area (Å²) in [5.74, 6) is 3.67. The first-order valence-corrected chi connectivity index (χ1v) is 13.2. The predicted octanol–water partition coefficient (Wildman–Crippen LogP) is 5.07. The summed E-state index contributed by atoms with van der Waals surface area (Å²) in [4.78, 5) is 22.8. The zero-order chi connectivity index (χ0) is 25.2. The number of piperidine rings is 1. The van der Waals surface area contributed by atoms with Gasteiger partial charge in [-0.2, -0.15) is 0 Å². The van der Waals surface area contributed by atoms with E-state index in [1.54, 1.807) is 13.2 Å². The lowest BCUT2D eigenvalue weighted by Crippen LogP contribution is -2.38. The lowest BCUT2D eigenvalue weighted by atomic mass is 9.91. The normalized spacial score (nSPS) is 16.1. The maximum Gasteiger partial charge on any atom is 0.259 e. The van der Waals surface area contributed by atoms with Gasteiger partial charge in [-0.1, -0.05) is 41.9 Å². The number of benzene rings is 2. The van der Waals surface area contributed by atoms with E-state index in [-0.39, 0.29) is 5.56 Å². The van der Waals surface area contributed by atoms with Crippen LogP contribution in [-0.2, 0) is 13.0 Å². The SMILES string of the molecule is COc1ccc(CC2CCCN(c3nnc(-c4nc5ccc(Br)cc5c(=O)[nH]4)n3CC(C)C)C2)cc1. The molecule has 0 bridgehead atoms. The number of halogens is 1. The summed E-state index contributed by atoms with van der Waals surface area (Å²) in [5.41, 5.74) is 1.76. The van der Waals surface area contributed by atoms with Crippen molar-refractivity contribution in [3.63, 3.8) is 0 Å². The van der Waals surface area contributed by atoms with Gasteiger partial charge < -0.3 is 14.6 Å². The van der Waals surface area contributed by atoms with Gasteiger partial charge in [-0.25, -0.2) is 4.98 Å². The van der Waals surface area contributed by atoms with E-state index in [9.17, 15) is 4.79 Å². The third-order valence-corrected chi connectivity index (χ3v) is 7.14. The third kappa shape index (κ3) is 5.16. The topological polar surface area (TPSA) is 88.9 Å². The first kappa shape index (κ1) is 24.5. The fraction of sp³-hybridized carbons (Fsp3) is 0.407. The van der Waals surface area contributed by atoms with Crippen LogP contribution in [0, 0.1) is 11.8 Å². The Labute approximate surface area is 218 Å². The first-order valence-electron chi connectivity index (χ1n) is 12.4. The minimum Gasteiger partial charge on any atom is -0.497 e. The third-order valence-electron chi connectivity index (χ3n) is 6.64. The number of anilines is 1. The zero-order valence-electron chi connectivity index (χ0n) is 20.9. The molecule has 0 saturated carbocycles. The van der Waals surface area contributed by atoms with Crippen molar-refractivity contribution >= 4 is 32.8 Å². The minimum atomic E-state index is -0.186. The van der Waals surface area contributed by atoms with Gasteiger partial charge >= 0.3 is 0 Å². The van der Waals surface area contributed by atoms with Gasteiger partial charge in [-0.3, -0.25) is 9.36 Å². The second-order valence-corrected chi connectivity index (χ2v) is 10.8. The fourth-order valence-electron chi connectivity index (χ4n) is 4.96. The van der Waals surface area contributed by atoms with E-state index in [0.717, 1.165) is 48.6 Å².